The van der Waals surface area contributed by atoms with Crippen LogP contribution in [0.4, 0.5) is 0 Å². The third-order valence-electron chi connectivity index (χ3n) is 3.40. The van der Waals surface area contributed by atoms with Crippen LogP contribution in [0.5, 0.6) is 0 Å². The number of amides is 1. The summed E-state index contributed by atoms with van der Waals surface area (Å²) in [5.74, 6) is -0.364. The lowest BCUT2D eigenvalue weighted by Crippen LogP contribution is -2.38. The average molecular weight is 262 g/mol. The number of hydrogen-bond donors (Lipinski definition) is 1. The van der Waals surface area contributed by atoms with Gasteiger partial charge >= 0.3 is 5.97 Å². The summed E-state index contributed by atoms with van der Waals surface area (Å²) in [5.41, 5.74) is 8.04. The van der Waals surface area contributed by atoms with Gasteiger partial charge in [-0.05, 0) is 29.2 Å². The highest BCUT2D eigenvalue weighted by Gasteiger charge is 2.24. The first-order chi connectivity index (χ1) is 9.01. The van der Waals surface area contributed by atoms with Crippen molar-refractivity contribution in [1.82, 2.24) is 4.90 Å². The number of rotatable bonds is 3. The van der Waals surface area contributed by atoms with Gasteiger partial charge in [0.1, 0.15) is 0 Å². The van der Waals surface area contributed by atoms with Crippen LogP contribution >= 0.6 is 0 Å². The van der Waals surface area contributed by atoms with Gasteiger partial charge in [-0.15, -0.1) is 0 Å². The van der Waals surface area contributed by atoms with E-state index in [9.17, 15) is 9.59 Å². The van der Waals surface area contributed by atoms with Crippen molar-refractivity contribution < 1.29 is 14.3 Å². The molecule has 0 spiro atoms. The lowest BCUT2D eigenvalue weighted by atomic mass is 9.90. The van der Waals surface area contributed by atoms with E-state index in [1.807, 2.05) is 17.0 Å². The van der Waals surface area contributed by atoms with Gasteiger partial charge in [-0.2, -0.15) is 0 Å². The highest BCUT2D eigenvalue weighted by Crippen LogP contribution is 2.28. The Kier molecular flexibility index (Phi) is 3.85. The van der Waals surface area contributed by atoms with Gasteiger partial charge in [0.2, 0.25) is 5.91 Å². The van der Waals surface area contributed by atoms with Gasteiger partial charge in [0.25, 0.3) is 0 Å². The first-order valence-corrected chi connectivity index (χ1v) is 6.23. The molecule has 1 aromatic carbocycles. The van der Waals surface area contributed by atoms with E-state index in [0.717, 1.165) is 12.1 Å². The van der Waals surface area contributed by atoms with E-state index in [4.69, 9.17) is 10.5 Å². The molecule has 1 aromatic rings. The largest absolute Gasteiger partial charge is 0.465 e. The minimum Gasteiger partial charge on any atom is -0.465 e. The van der Waals surface area contributed by atoms with E-state index in [2.05, 4.69) is 6.92 Å². The van der Waals surface area contributed by atoms with Gasteiger partial charge in [-0.3, -0.25) is 9.69 Å². The SMILES string of the molecule is COC(=O)c1ccc2c(c1)CN(CC(N)=O)C[C@H]2C. The lowest BCUT2D eigenvalue weighted by Gasteiger charge is -2.32. The van der Waals surface area contributed by atoms with Gasteiger partial charge in [-0.1, -0.05) is 13.0 Å². The molecule has 0 aliphatic carbocycles. The zero-order chi connectivity index (χ0) is 14.0. The summed E-state index contributed by atoms with van der Waals surface area (Å²) in [5, 5.41) is 0. The average Bonchev–Trinajstić information content (AvgIpc) is 2.36. The molecule has 0 radical (unpaired) electrons. The Labute approximate surface area is 112 Å². The van der Waals surface area contributed by atoms with Crippen molar-refractivity contribution in [3.63, 3.8) is 0 Å². The summed E-state index contributed by atoms with van der Waals surface area (Å²) in [4.78, 5) is 24.5. The molecule has 0 saturated heterocycles. The quantitative estimate of drug-likeness (QED) is 0.821. The Morgan fingerprint density at radius 3 is 2.84 bits per heavy atom. The van der Waals surface area contributed by atoms with Crippen LogP contribution in [0.2, 0.25) is 0 Å². The van der Waals surface area contributed by atoms with Crippen LogP contribution in [-0.4, -0.2) is 37.0 Å². The highest BCUT2D eigenvalue weighted by atomic mass is 16.5. The number of carbonyl (C=O) groups excluding carboxylic acids is 2. The van der Waals surface area contributed by atoms with Crippen molar-refractivity contribution in [2.75, 3.05) is 20.2 Å². The molecule has 0 saturated carbocycles. The van der Waals surface area contributed by atoms with Crippen LogP contribution in [0.25, 0.3) is 0 Å². The maximum atomic E-state index is 11.5. The number of esters is 1. The number of carbonyl (C=O) groups is 2. The molecule has 5 heteroatoms. The van der Waals surface area contributed by atoms with Crippen molar-refractivity contribution in [2.24, 2.45) is 5.73 Å². The lowest BCUT2D eigenvalue weighted by molar-refractivity contribution is -0.119. The number of fused-ring (bicyclic) bond motifs is 1. The van der Waals surface area contributed by atoms with E-state index in [0.29, 0.717) is 18.0 Å². The Balaban J connectivity index is 2.27. The third kappa shape index (κ3) is 2.93. The fourth-order valence-electron chi connectivity index (χ4n) is 2.60. The van der Waals surface area contributed by atoms with E-state index in [1.165, 1.54) is 12.7 Å². The molecule has 19 heavy (non-hydrogen) atoms. The van der Waals surface area contributed by atoms with Crippen molar-refractivity contribution in [1.29, 1.82) is 0 Å². The summed E-state index contributed by atoms with van der Waals surface area (Å²) in [6.45, 7) is 3.77. The second-order valence-corrected chi connectivity index (χ2v) is 4.94. The van der Waals surface area contributed by atoms with Crippen molar-refractivity contribution in [3.8, 4) is 0 Å². The van der Waals surface area contributed by atoms with Gasteiger partial charge in [0.15, 0.2) is 0 Å². The maximum absolute atomic E-state index is 11.5. The Bertz CT molecular complexity index is 513. The molecule has 1 aliphatic heterocycles. The summed E-state index contributed by atoms with van der Waals surface area (Å²) in [6, 6.07) is 5.59. The molecule has 1 heterocycles. The van der Waals surface area contributed by atoms with Crippen molar-refractivity contribution in [3.05, 3.63) is 34.9 Å². The molecular weight excluding hydrogens is 244 g/mol. The van der Waals surface area contributed by atoms with Crippen molar-refractivity contribution >= 4 is 11.9 Å². The highest BCUT2D eigenvalue weighted by molar-refractivity contribution is 5.89. The number of ether oxygens (including phenoxy) is 1. The minimum atomic E-state index is -0.345. The standard InChI is InChI=1S/C14H18N2O3/c1-9-6-16(8-13(15)17)7-11-5-10(14(18)19-2)3-4-12(9)11/h3-5,9H,6-8H2,1-2H3,(H2,15,17)/t9-/m1/s1. The van der Waals surface area contributed by atoms with Crippen LogP contribution in [0.15, 0.2) is 18.2 Å². The molecule has 0 aromatic heterocycles. The number of nitrogens with zero attached hydrogens (tertiary/aromatic N) is 1. The summed E-state index contributed by atoms with van der Waals surface area (Å²) in [7, 11) is 1.36. The summed E-state index contributed by atoms with van der Waals surface area (Å²) >= 11 is 0. The molecule has 1 aliphatic rings. The van der Waals surface area contributed by atoms with Crippen molar-refractivity contribution in [2.45, 2.75) is 19.4 Å². The molecule has 102 valence electrons. The summed E-state index contributed by atoms with van der Waals surface area (Å²) < 4.78 is 4.72. The number of hydrogen-bond acceptors (Lipinski definition) is 4. The van der Waals surface area contributed by atoms with E-state index < -0.39 is 0 Å². The Morgan fingerprint density at radius 1 is 1.47 bits per heavy atom. The normalized spacial score (nSPS) is 18.7. The molecule has 5 nitrogen and oxygen atoms in total. The van der Waals surface area contributed by atoms with Crippen LogP contribution < -0.4 is 5.73 Å². The van der Waals surface area contributed by atoms with E-state index >= 15 is 0 Å². The number of primary amides is 1. The van der Waals surface area contributed by atoms with E-state index in [-0.39, 0.29) is 18.4 Å². The monoisotopic (exact) mass is 262 g/mol. The molecular formula is C14H18N2O3. The fraction of sp³-hybridized carbons (Fsp3) is 0.429. The number of methoxy groups -OCH3 is 1. The first kappa shape index (κ1) is 13.5. The fourth-order valence-corrected chi connectivity index (χ4v) is 2.60. The maximum Gasteiger partial charge on any atom is 0.337 e. The second-order valence-electron chi connectivity index (χ2n) is 4.94. The topological polar surface area (TPSA) is 72.6 Å². The van der Waals surface area contributed by atoms with Crippen LogP contribution in [0, 0.1) is 0 Å². The molecule has 2 rings (SSSR count). The molecule has 0 unspecified atom stereocenters. The molecule has 1 atom stereocenters. The van der Waals surface area contributed by atoms with Crippen LogP contribution in [0.3, 0.4) is 0 Å². The zero-order valence-electron chi connectivity index (χ0n) is 11.2. The Hall–Kier alpha value is -1.88. The third-order valence-corrected chi connectivity index (χ3v) is 3.40. The predicted octanol–water partition coefficient (Wildman–Crippen LogP) is 0.878. The molecule has 0 fully saturated rings. The van der Waals surface area contributed by atoms with E-state index in [1.54, 1.807) is 6.07 Å². The summed E-state index contributed by atoms with van der Waals surface area (Å²) in [6.07, 6.45) is 0. The second kappa shape index (κ2) is 5.40. The number of benzene rings is 1. The predicted molar refractivity (Wildman–Crippen MR) is 70.7 cm³/mol. The van der Waals surface area contributed by atoms with Crippen LogP contribution in [-0.2, 0) is 16.1 Å². The minimum absolute atomic E-state index is 0.242. The van der Waals surface area contributed by atoms with Crippen LogP contribution in [0.1, 0.15) is 34.3 Å². The Morgan fingerprint density at radius 2 is 2.21 bits per heavy atom. The molecule has 2 N–H and O–H groups in total. The molecule has 0 bridgehead atoms. The number of nitrogens with two attached hydrogens (primary N) is 1. The van der Waals surface area contributed by atoms with Gasteiger partial charge in [0, 0.05) is 13.1 Å². The smallest absolute Gasteiger partial charge is 0.337 e. The zero-order valence-corrected chi connectivity index (χ0v) is 11.2. The van der Waals surface area contributed by atoms with Gasteiger partial charge in [-0.25, -0.2) is 4.79 Å². The molecule has 1 amide bonds. The van der Waals surface area contributed by atoms with Gasteiger partial charge < -0.3 is 10.5 Å². The first-order valence-electron chi connectivity index (χ1n) is 6.23. The van der Waals surface area contributed by atoms with Gasteiger partial charge in [0.05, 0.1) is 19.2 Å².